The Kier molecular flexibility index (Phi) is 4.73. The van der Waals surface area contributed by atoms with Gasteiger partial charge in [-0.1, -0.05) is 6.07 Å². The van der Waals surface area contributed by atoms with Crippen LogP contribution in [0.1, 0.15) is 12.0 Å². The third kappa shape index (κ3) is 3.89. The molecule has 0 spiro atoms. The summed E-state index contributed by atoms with van der Waals surface area (Å²) in [6.07, 6.45) is 6.01. The van der Waals surface area contributed by atoms with E-state index in [-0.39, 0.29) is 0 Å². The number of rotatable bonds is 5. The molecule has 2 rings (SSSR count). The van der Waals surface area contributed by atoms with Crippen molar-refractivity contribution >= 4 is 0 Å². The molecule has 0 amide bonds. The number of pyridine rings is 1. The van der Waals surface area contributed by atoms with Crippen molar-refractivity contribution in [1.82, 2.24) is 10.3 Å². The van der Waals surface area contributed by atoms with Crippen molar-refractivity contribution in [3.63, 3.8) is 0 Å². The van der Waals surface area contributed by atoms with E-state index in [0.29, 0.717) is 12.9 Å². The highest BCUT2D eigenvalue weighted by atomic mass is 16.7. The molecule has 4 heteroatoms. The van der Waals surface area contributed by atoms with E-state index < -0.39 is 0 Å². The molecule has 0 radical (unpaired) electrons. The van der Waals surface area contributed by atoms with Crippen molar-refractivity contribution in [3.05, 3.63) is 30.1 Å². The van der Waals surface area contributed by atoms with Gasteiger partial charge in [-0.05, 0) is 31.0 Å². The molecule has 1 unspecified atom stereocenters. The summed E-state index contributed by atoms with van der Waals surface area (Å²) in [7, 11) is 0. The quantitative estimate of drug-likeness (QED) is 0.754. The van der Waals surface area contributed by atoms with Gasteiger partial charge in [0.05, 0.1) is 12.7 Å². The molecular weight excluding hydrogens is 204 g/mol. The van der Waals surface area contributed by atoms with Crippen LogP contribution in [0, 0.1) is 0 Å². The summed E-state index contributed by atoms with van der Waals surface area (Å²) in [5.74, 6) is 0. The van der Waals surface area contributed by atoms with E-state index in [4.69, 9.17) is 9.47 Å². The molecule has 1 saturated heterocycles. The van der Waals surface area contributed by atoms with Gasteiger partial charge >= 0.3 is 0 Å². The van der Waals surface area contributed by atoms with Crippen LogP contribution in [0.5, 0.6) is 0 Å². The average Bonchev–Trinajstić information content (AvgIpc) is 2.37. The SMILES string of the molecule is c1cncc(CCNCC2CCOCO2)c1. The van der Waals surface area contributed by atoms with Crippen LogP contribution in [0.2, 0.25) is 0 Å². The van der Waals surface area contributed by atoms with Crippen molar-refractivity contribution in [2.75, 3.05) is 26.5 Å². The van der Waals surface area contributed by atoms with Crippen molar-refractivity contribution < 1.29 is 9.47 Å². The van der Waals surface area contributed by atoms with E-state index in [1.54, 1.807) is 6.20 Å². The molecule has 2 heterocycles. The number of nitrogens with zero attached hydrogens (tertiary/aromatic N) is 1. The molecule has 1 aliphatic rings. The highest BCUT2D eigenvalue weighted by Gasteiger charge is 2.12. The summed E-state index contributed by atoms with van der Waals surface area (Å²) < 4.78 is 10.6. The van der Waals surface area contributed by atoms with E-state index in [0.717, 1.165) is 32.5 Å². The summed E-state index contributed by atoms with van der Waals surface area (Å²) >= 11 is 0. The van der Waals surface area contributed by atoms with E-state index >= 15 is 0 Å². The minimum atomic E-state index is 0.308. The Labute approximate surface area is 96.0 Å². The van der Waals surface area contributed by atoms with Crippen molar-refractivity contribution in [2.45, 2.75) is 18.9 Å². The summed E-state index contributed by atoms with van der Waals surface area (Å²) in [5.41, 5.74) is 1.27. The van der Waals surface area contributed by atoms with Crippen molar-refractivity contribution in [1.29, 1.82) is 0 Å². The predicted molar refractivity (Wildman–Crippen MR) is 61.1 cm³/mol. The minimum absolute atomic E-state index is 0.308. The number of ether oxygens (including phenoxy) is 2. The zero-order valence-electron chi connectivity index (χ0n) is 9.39. The van der Waals surface area contributed by atoms with Crippen LogP contribution in [-0.4, -0.2) is 37.6 Å². The van der Waals surface area contributed by atoms with E-state index in [1.165, 1.54) is 5.56 Å². The molecule has 88 valence electrons. The lowest BCUT2D eigenvalue weighted by Crippen LogP contribution is -2.34. The fourth-order valence-corrected chi connectivity index (χ4v) is 1.70. The molecule has 1 atom stereocenters. The molecule has 16 heavy (non-hydrogen) atoms. The van der Waals surface area contributed by atoms with Gasteiger partial charge in [0.2, 0.25) is 0 Å². The van der Waals surface area contributed by atoms with E-state index in [9.17, 15) is 0 Å². The Morgan fingerprint density at radius 2 is 2.50 bits per heavy atom. The minimum Gasteiger partial charge on any atom is -0.355 e. The van der Waals surface area contributed by atoms with Crippen molar-refractivity contribution in [3.8, 4) is 0 Å². The molecule has 1 aromatic rings. The topological polar surface area (TPSA) is 43.4 Å². The zero-order chi connectivity index (χ0) is 11.1. The summed E-state index contributed by atoms with van der Waals surface area (Å²) in [6, 6.07) is 4.07. The maximum Gasteiger partial charge on any atom is 0.147 e. The van der Waals surface area contributed by atoms with Gasteiger partial charge < -0.3 is 14.8 Å². The molecule has 0 saturated carbocycles. The lowest BCUT2D eigenvalue weighted by Gasteiger charge is -2.22. The molecule has 1 aromatic heterocycles. The molecule has 0 aromatic carbocycles. The third-order valence-electron chi connectivity index (χ3n) is 2.66. The van der Waals surface area contributed by atoms with Gasteiger partial charge in [0.1, 0.15) is 6.79 Å². The van der Waals surface area contributed by atoms with E-state index in [1.807, 2.05) is 12.3 Å². The van der Waals surface area contributed by atoms with Gasteiger partial charge in [-0.2, -0.15) is 0 Å². The van der Waals surface area contributed by atoms with Gasteiger partial charge in [0, 0.05) is 18.9 Å². The van der Waals surface area contributed by atoms with Crippen LogP contribution in [0.25, 0.3) is 0 Å². The average molecular weight is 222 g/mol. The molecule has 4 nitrogen and oxygen atoms in total. The van der Waals surface area contributed by atoms with Crippen LogP contribution in [0.15, 0.2) is 24.5 Å². The molecule has 1 fully saturated rings. The highest BCUT2D eigenvalue weighted by molar-refractivity contribution is 5.08. The molecule has 0 bridgehead atoms. The van der Waals surface area contributed by atoms with Gasteiger partial charge in [-0.15, -0.1) is 0 Å². The highest BCUT2D eigenvalue weighted by Crippen LogP contribution is 2.04. The lowest BCUT2D eigenvalue weighted by molar-refractivity contribution is -0.137. The third-order valence-corrected chi connectivity index (χ3v) is 2.66. The normalized spacial score (nSPS) is 20.9. The predicted octanol–water partition coefficient (Wildman–Crippen LogP) is 0.977. The van der Waals surface area contributed by atoms with Crippen molar-refractivity contribution in [2.24, 2.45) is 0 Å². The smallest absolute Gasteiger partial charge is 0.147 e. The number of aromatic nitrogens is 1. The number of hydrogen-bond acceptors (Lipinski definition) is 4. The molecular formula is C12H18N2O2. The van der Waals surface area contributed by atoms with Gasteiger partial charge in [-0.25, -0.2) is 0 Å². The Bertz CT molecular complexity index is 286. The number of hydrogen-bond donors (Lipinski definition) is 1. The second-order valence-electron chi connectivity index (χ2n) is 3.92. The first-order valence-corrected chi connectivity index (χ1v) is 5.74. The lowest BCUT2D eigenvalue weighted by atomic mass is 10.2. The van der Waals surface area contributed by atoms with Crippen LogP contribution in [0.3, 0.4) is 0 Å². The fraction of sp³-hybridized carbons (Fsp3) is 0.583. The second-order valence-corrected chi connectivity index (χ2v) is 3.92. The van der Waals surface area contributed by atoms with Crippen LogP contribution < -0.4 is 5.32 Å². The summed E-state index contributed by atoms with van der Waals surface area (Å²) in [6.45, 7) is 3.12. The monoisotopic (exact) mass is 222 g/mol. The summed E-state index contributed by atoms with van der Waals surface area (Å²) in [5, 5.41) is 3.40. The van der Waals surface area contributed by atoms with E-state index in [2.05, 4.69) is 16.4 Å². The Morgan fingerprint density at radius 1 is 1.50 bits per heavy atom. The Morgan fingerprint density at radius 3 is 3.25 bits per heavy atom. The maximum atomic E-state index is 5.43. The molecule has 1 aliphatic heterocycles. The fourth-order valence-electron chi connectivity index (χ4n) is 1.70. The molecule has 1 N–H and O–H groups in total. The Hall–Kier alpha value is -0.970. The maximum absolute atomic E-state index is 5.43. The van der Waals surface area contributed by atoms with Gasteiger partial charge in [0.25, 0.3) is 0 Å². The first-order valence-electron chi connectivity index (χ1n) is 5.74. The second kappa shape index (κ2) is 6.58. The van der Waals surface area contributed by atoms with Crippen LogP contribution in [-0.2, 0) is 15.9 Å². The number of nitrogens with one attached hydrogen (secondary N) is 1. The zero-order valence-corrected chi connectivity index (χ0v) is 9.39. The largest absolute Gasteiger partial charge is 0.355 e. The van der Waals surface area contributed by atoms with Gasteiger partial charge in [-0.3, -0.25) is 4.98 Å². The van der Waals surface area contributed by atoms with Crippen LogP contribution >= 0.6 is 0 Å². The standard InChI is InChI=1S/C12H18N2O2/c1-2-11(8-13-5-1)3-6-14-9-12-4-7-15-10-16-12/h1-2,5,8,12,14H,3-4,6-7,9-10H2. The van der Waals surface area contributed by atoms with Crippen LogP contribution in [0.4, 0.5) is 0 Å². The summed E-state index contributed by atoms with van der Waals surface area (Å²) in [4.78, 5) is 4.08. The first-order chi connectivity index (χ1) is 7.95. The molecule has 0 aliphatic carbocycles. The first kappa shape index (κ1) is 11.5. The Balaban J connectivity index is 1.58. The van der Waals surface area contributed by atoms with Gasteiger partial charge in [0.15, 0.2) is 0 Å².